The van der Waals surface area contributed by atoms with Crippen molar-refractivity contribution in [2.24, 2.45) is 0 Å². The molecule has 94 valence electrons. The van der Waals surface area contributed by atoms with E-state index in [1.165, 1.54) is 6.66 Å². The van der Waals surface area contributed by atoms with Crippen molar-refractivity contribution >= 4 is 21.7 Å². The summed E-state index contributed by atoms with van der Waals surface area (Å²) in [6, 6.07) is 0. The number of carbonyl (C=O) groups is 1. The van der Waals surface area contributed by atoms with Gasteiger partial charge in [-0.1, -0.05) is 14.2 Å². The first-order valence-corrected chi connectivity index (χ1v) is 8.05. The van der Waals surface area contributed by atoms with Gasteiger partial charge in [-0.25, -0.2) is 0 Å². The monoisotopic (exact) mass is 272 g/mol. The van der Waals surface area contributed by atoms with E-state index in [1.54, 1.807) is 6.66 Å². The number of nitrogens with one attached hydrogen (secondary N) is 2. The van der Waals surface area contributed by atoms with Gasteiger partial charge in [-0.3, -0.25) is 4.79 Å². The fraction of sp³-hybridized carbons (Fsp3) is 0.857. The molecule has 0 aromatic heterocycles. The lowest BCUT2D eigenvalue weighted by molar-refractivity contribution is -0.121. The van der Waals surface area contributed by atoms with E-state index in [0.717, 1.165) is 0 Å². The van der Waals surface area contributed by atoms with Crippen LogP contribution in [0.15, 0.2) is 0 Å². The second-order valence-electron chi connectivity index (χ2n) is 2.67. The number of aliphatic hydroxyl groups is 2. The highest BCUT2D eigenvalue weighted by atomic mass is 31.1. The minimum atomic E-state index is -1.35. The largest absolute Gasteiger partial charge is 0.431 e. The molecule has 16 heavy (non-hydrogen) atoms. The summed E-state index contributed by atoms with van der Waals surface area (Å²) in [6.45, 7) is 2.51. The van der Waals surface area contributed by atoms with Crippen LogP contribution in [0.3, 0.4) is 0 Å². The lowest BCUT2D eigenvalue weighted by Crippen LogP contribution is -2.24. The van der Waals surface area contributed by atoms with Crippen LogP contribution in [0.2, 0.25) is 0 Å². The molecule has 1 amide bonds. The Morgan fingerprint density at radius 3 is 2.00 bits per heavy atom. The van der Waals surface area contributed by atoms with Crippen molar-refractivity contribution in [2.45, 2.75) is 6.42 Å². The van der Waals surface area contributed by atoms with E-state index >= 15 is 0 Å². The number of hydrogen-bond acceptors (Lipinski definition) is 5. The first-order valence-electron chi connectivity index (χ1n) is 4.45. The molecule has 0 aromatic rings. The van der Waals surface area contributed by atoms with Crippen LogP contribution in [0, 0.1) is 0 Å². The quantitative estimate of drug-likeness (QED) is 0.393. The molecule has 0 radical (unpaired) electrons. The molecular weight excluding hydrogens is 254 g/mol. The van der Waals surface area contributed by atoms with Crippen molar-refractivity contribution < 1.29 is 24.1 Å². The molecule has 0 aliphatic heterocycles. The van der Waals surface area contributed by atoms with E-state index in [2.05, 4.69) is 10.4 Å². The fourth-order valence-corrected chi connectivity index (χ4v) is 1.25. The number of rotatable bonds is 6. The zero-order chi connectivity index (χ0) is 13.0. The van der Waals surface area contributed by atoms with Gasteiger partial charge in [0.25, 0.3) is 0 Å². The van der Waals surface area contributed by atoms with Gasteiger partial charge < -0.3 is 15.5 Å². The Balaban J connectivity index is 0. The lowest BCUT2D eigenvalue weighted by atomic mass is 10.5. The van der Waals surface area contributed by atoms with Crippen molar-refractivity contribution in [3.8, 4) is 0 Å². The van der Waals surface area contributed by atoms with Gasteiger partial charge in [0, 0.05) is 0 Å². The van der Waals surface area contributed by atoms with E-state index in [-0.39, 0.29) is 25.8 Å². The Kier molecular flexibility index (Phi) is 14.1. The molecule has 2 unspecified atom stereocenters. The molecule has 0 bridgehead atoms. The first kappa shape index (κ1) is 17.9. The minimum absolute atomic E-state index is 0.203. The van der Waals surface area contributed by atoms with Crippen LogP contribution in [-0.4, -0.2) is 49.1 Å². The van der Waals surface area contributed by atoms with Crippen LogP contribution in [0.25, 0.3) is 0 Å². The van der Waals surface area contributed by atoms with Gasteiger partial charge in [0.1, 0.15) is 20.1 Å². The van der Waals surface area contributed by atoms with Crippen LogP contribution < -0.4 is 10.4 Å². The highest BCUT2D eigenvalue weighted by Gasteiger charge is 2.09. The fourth-order valence-electron chi connectivity index (χ4n) is 0.535. The van der Waals surface area contributed by atoms with Crippen LogP contribution >= 0.6 is 15.8 Å². The third-order valence-electron chi connectivity index (χ3n) is 1.22. The highest BCUT2D eigenvalue weighted by molar-refractivity contribution is 7.43. The topological polar surface area (TPSA) is 116 Å². The smallest absolute Gasteiger partial charge is 0.377 e. The van der Waals surface area contributed by atoms with Gasteiger partial charge in [-0.05, 0) is 0 Å². The molecule has 2 atom stereocenters. The highest BCUT2D eigenvalue weighted by Crippen LogP contribution is 2.13. The standard InChI is InChI=1S/C5H10NO3P.C2H7NO2P/c1-10(9)3-2-5(8)6-4-7;1-6(5)3-2-4/h7H,2-4H2,1H3;4H,2H2,1H3,(H,3,5)/q;+1/p+1. The van der Waals surface area contributed by atoms with Gasteiger partial charge >= 0.3 is 15.8 Å². The summed E-state index contributed by atoms with van der Waals surface area (Å²) >= 11 is 0. The third kappa shape index (κ3) is 19.2. The van der Waals surface area contributed by atoms with Crippen molar-refractivity contribution in [2.75, 3.05) is 33.0 Å². The molecule has 0 fully saturated rings. The van der Waals surface area contributed by atoms with Crippen molar-refractivity contribution in [3.63, 3.8) is 0 Å². The lowest BCUT2D eigenvalue weighted by Gasteiger charge is -1.94. The minimum Gasteiger partial charge on any atom is -0.377 e. The van der Waals surface area contributed by atoms with Crippen molar-refractivity contribution in [3.05, 3.63) is 0 Å². The van der Waals surface area contributed by atoms with Crippen molar-refractivity contribution in [1.29, 1.82) is 0 Å². The van der Waals surface area contributed by atoms with E-state index in [9.17, 15) is 13.9 Å². The van der Waals surface area contributed by atoms with E-state index in [0.29, 0.717) is 6.16 Å². The number of hydrogen-bond donors (Lipinski definition) is 4. The van der Waals surface area contributed by atoms with Crippen LogP contribution in [0.5, 0.6) is 0 Å². The third-order valence-corrected chi connectivity index (χ3v) is 2.66. The molecule has 0 heterocycles. The van der Waals surface area contributed by atoms with Gasteiger partial charge in [-0.2, -0.15) is 0 Å². The summed E-state index contributed by atoms with van der Waals surface area (Å²) in [5, 5.41) is 20.6. The maximum atomic E-state index is 10.5. The molecule has 7 nitrogen and oxygen atoms in total. The number of carbonyl (C=O) groups excluding carboxylic acids is 1. The molecule has 0 aliphatic carbocycles. The SMILES string of the molecule is C[P+](=O)CCC(=O)NCO.C[P+](=O)NCO. The molecule has 0 rings (SSSR count). The average molecular weight is 272 g/mol. The summed E-state index contributed by atoms with van der Waals surface area (Å²) in [7, 11) is -2.59. The Morgan fingerprint density at radius 1 is 1.19 bits per heavy atom. The van der Waals surface area contributed by atoms with E-state index < -0.39 is 15.8 Å². The summed E-state index contributed by atoms with van der Waals surface area (Å²) in [4.78, 5) is 10.5. The Morgan fingerprint density at radius 2 is 1.75 bits per heavy atom. The predicted molar refractivity (Wildman–Crippen MR) is 62.0 cm³/mol. The van der Waals surface area contributed by atoms with Gasteiger partial charge in [0.05, 0.1) is 6.42 Å². The van der Waals surface area contributed by atoms with E-state index in [1.807, 2.05) is 0 Å². The van der Waals surface area contributed by atoms with Crippen LogP contribution in [0.4, 0.5) is 0 Å². The van der Waals surface area contributed by atoms with Crippen LogP contribution in [0.1, 0.15) is 6.42 Å². The molecule has 0 aliphatic rings. The molecule has 0 saturated heterocycles. The first-order chi connectivity index (χ1) is 7.43. The van der Waals surface area contributed by atoms with Crippen molar-refractivity contribution in [1.82, 2.24) is 10.4 Å². The number of aliphatic hydroxyl groups excluding tert-OH is 2. The average Bonchev–Trinajstić information content (AvgIpc) is 2.16. The molecular formula is C7H18N2O5P2+2. The van der Waals surface area contributed by atoms with Gasteiger partial charge in [-0.15, -0.1) is 0 Å². The van der Waals surface area contributed by atoms with Gasteiger partial charge in [0.15, 0.2) is 12.8 Å². The van der Waals surface area contributed by atoms with Crippen LogP contribution in [-0.2, 0) is 13.9 Å². The molecule has 0 aromatic carbocycles. The molecule has 9 heteroatoms. The zero-order valence-electron chi connectivity index (χ0n) is 9.34. The maximum absolute atomic E-state index is 10.5. The second-order valence-corrected chi connectivity index (χ2v) is 5.69. The summed E-state index contributed by atoms with van der Waals surface area (Å²) in [5.74, 6) is -0.257. The Hall–Kier alpha value is -0.450. The van der Waals surface area contributed by atoms with Gasteiger partial charge in [0.2, 0.25) is 5.91 Å². The summed E-state index contributed by atoms with van der Waals surface area (Å²) in [5.41, 5.74) is 0. The molecule has 0 spiro atoms. The molecule has 0 saturated carbocycles. The van der Waals surface area contributed by atoms with E-state index in [4.69, 9.17) is 10.2 Å². The second kappa shape index (κ2) is 12.6. The Labute approximate surface area is 96.3 Å². The normalized spacial score (nSPS) is 11.0. The zero-order valence-corrected chi connectivity index (χ0v) is 11.1. The number of amides is 1. The Bertz CT molecular complexity index is 237. The summed E-state index contributed by atoms with van der Waals surface area (Å²) in [6.07, 6.45) is 0.618. The summed E-state index contributed by atoms with van der Waals surface area (Å²) < 4.78 is 20.4. The maximum Gasteiger partial charge on any atom is 0.431 e. The predicted octanol–water partition coefficient (Wildman–Crippen LogP) is -0.202. The molecule has 4 N–H and O–H groups in total.